The van der Waals surface area contributed by atoms with Crippen molar-refractivity contribution in [3.8, 4) is 0 Å². The first-order valence-electron chi connectivity index (χ1n) is 5.16. The van der Waals surface area contributed by atoms with Gasteiger partial charge in [-0.3, -0.25) is 0 Å². The van der Waals surface area contributed by atoms with Crippen LogP contribution in [0.15, 0.2) is 24.3 Å². The number of aliphatic hydroxyl groups is 1. The number of nitrogens with zero attached hydrogens (tertiary/aromatic N) is 1. The van der Waals surface area contributed by atoms with Crippen LogP contribution in [-0.2, 0) is 0 Å². The average Bonchev–Trinajstić information content (AvgIpc) is 2.20. The van der Waals surface area contributed by atoms with Gasteiger partial charge in [-0.2, -0.15) is 0 Å². The van der Waals surface area contributed by atoms with Crippen molar-refractivity contribution in [2.45, 2.75) is 25.5 Å². The van der Waals surface area contributed by atoms with Crippen molar-refractivity contribution in [3.05, 3.63) is 34.9 Å². The van der Waals surface area contributed by atoms with Crippen LogP contribution in [0.2, 0.25) is 5.02 Å². The van der Waals surface area contributed by atoms with Gasteiger partial charge < -0.3 is 10.0 Å². The summed E-state index contributed by atoms with van der Waals surface area (Å²) in [5.74, 6) is 0. The summed E-state index contributed by atoms with van der Waals surface area (Å²) in [7, 11) is 3.90. The molecule has 1 aromatic carbocycles. The Morgan fingerprint density at radius 2 is 1.93 bits per heavy atom. The number of halogens is 1. The molecule has 0 fully saturated rings. The van der Waals surface area contributed by atoms with Crippen LogP contribution in [0.3, 0.4) is 0 Å². The van der Waals surface area contributed by atoms with Gasteiger partial charge in [0.1, 0.15) is 0 Å². The van der Waals surface area contributed by atoms with E-state index in [1.807, 2.05) is 50.2 Å². The van der Waals surface area contributed by atoms with Crippen LogP contribution in [0.4, 0.5) is 0 Å². The van der Waals surface area contributed by atoms with Crippen LogP contribution in [0.5, 0.6) is 0 Å². The van der Waals surface area contributed by atoms with Crippen molar-refractivity contribution in [1.29, 1.82) is 0 Å². The van der Waals surface area contributed by atoms with Crippen LogP contribution in [-0.4, -0.2) is 30.2 Å². The zero-order chi connectivity index (χ0) is 11.4. The highest BCUT2D eigenvalue weighted by molar-refractivity contribution is 6.31. The van der Waals surface area contributed by atoms with E-state index < -0.39 is 0 Å². The van der Waals surface area contributed by atoms with Crippen LogP contribution in [0.1, 0.15) is 24.9 Å². The van der Waals surface area contributed by atoms with Gasteiger partial charge in [-0.15, -0.1) is 0 Å². The second-order valence-electron chi connectivity index (χ2n) is 3.91. The number of hydrogen-bond donors (Lipinski definition) is 1. The van der Waals surface area contributed by atoms with Gasteiger partial charge in [0.15, 0.2) is 0 Å². The summed E-state index contributed by atoms with van der Waals surface area (Å²) < 4.78 is 0. The maximum absolute atomic E-state index is 9.97. The largest absolute Gasteiger partial charge is 0.391 e. The Bertz CT molecular complexity index is 314. The number of rotatable bonds is 4. The Kier molecular flexibility index (Phi) is 4.58. The molecule has 3 heteroatoms. The molecule has 0 spiro atoms. The molecule has 0 aliphatic heterocycles. The predicted octanol–water partition coefficient (Wildman–Crippen LogP) is 2.71. The van der Waals surface area contributed by atoms with Gasteiger partial charge in [0.05, 0.1) is 12.1 Å². The molecule has 0 aliphatic carbocycles. The number of benzene rings is 1. The SMILES string of the molecule is CCC(O)[C@@H](c1ccccc1Cl)N(C)C. The zero-order valence-corrected chi connectivity index (χ0v) is 10.2. The quantitative estimate of drug-likeness (QED) is 0.855. The third-order valence-electron chi connectivity index (χ3n) is 2.56. The Hall–Kier alpha value is -0.570. The molecule has 0 aliphatic rings. The molecule has 0 radical (unpaired) electrons. The van der Waals surface area contributed by atoms with E-state index in [1.165, 1.54) is 0 Å². The molecule has 1 aromatic rings. The number of aliphatic hydroxyl groups excluding tert-OH is 1. The summed E-state index contributed by atoms with van der Waals surface area (Å²) in [6.07, 6.45) is 0.327. The van der Waals surface area contributed by atoms with E-state index in [0.717, 1.165) is 5.56 Å². The third-order valence-corrected chi connectivity index (χ3v) is 2.91. The highest BCUT2D eigenvalue weighted by atomic mass is 35.5. The lowest BCUT2D eigenvalue weighted by Gasteiger charge is -2.29. The maximum atomic E-state index is 9.97. The van der Waals surface area contributed by atoms with E-state index in [9.17, 15) is 5.11 Å². The van der Waals surface area contributed by atoms with Crippen molar-refractivity contribution in [2.24, 2.45) is 0 Å². The van der Waals surface area contributed by atoms with Gasteiger partial charge in [-0.25, -0.2) is 0 Å². The van der Waals surface area contributed by atoms with Gasteiger partial charge >= 0.3 is 0 Å². The van der Waals surface area contributed by atoms with Crippen molar-refractivity contribution >= 4 is 11.6 Å². The molecule has 1 N–H and O–H groups in total. The second-order valence-corrected chi connectivity index (χ2v) is 4.31. The second kappa shape index (κ2) is 5.50. The van der Waals surface area contributed by atoms with Crippen molar-refractivity contribution in [1.82, 2.24) is 4.90 Å². The van der Waals surface area contributed by atoms with Crippen LogP contribution in [0.25, 0.3) is 0 Å². The molecule has 0 aromatic heterocycles. The molecule has 1 unspecified atom stereocenters. The monoisotopic (exact) mass is 227 g/mol. The van der Waals surface area contributed by atoms with Gasteiger partial charge in [0.2, 0.25) is 0 Å². The summed E-state index contributed by atoms with van der Waals surface area (Å²) >= 11 is 6.13. The Morgan fingerprint density at radius 1 is 1.33 bits per heavy atom. The lowest BCUT2D eigenvalue weighted by atomic mass is 9.99. The molecule has 0 saturated carbocycles. The molecule has 0 heterocycles. The van der Waals surface area contributed by atoms with Crippen molar-refractivity contribution in [2.75, 3.05) is 14.1 Å². The topological polar surface area (TPSA) is 23.5 Å². The normalized spacial score (nSPS) is 15.3. The summed E-state index contributed by atoms with van der Waals surface area (Å²) in [6.45, 7) is 1.97. The summed E-state index contributed by atoms with van der Waals surface area (Å²) in [6, 6.07) is 7.63. The minimum atomic E-state index is -0.389. The smallest absolute Gasteiger partial charge is 0.0734 e. The minimum absolute atomic E-state index is 0.0382. The van der Waals surface area contributed by atoms with Gasteiger partial charge in [-0.05, 0) is 32.1 Å². The van der Waals surface area contributed by atoms with Gasteiger partial charge in [0.25, 0.3) is 0 Å². The first kappa shape index (κ1) is 12.5. The van der Waals surface area contributed by atoms with Crippen LogP contribution >= 0.6 is 11.6 Å². The maximum Gasteiger partial charge on any atom is 0.0734 e. The van der Waals surface area contributed by atoms with E-state index in [-0.39, 0.29) is 12.1 Å². The van der Waals surface area contributed by atoms with E-state index in [1.54, 1.807) is 0 Å². The molecule has 2 nitrogen and oxygen atoms in total. The molecular weight excluding hydrogens is 210 g/mol. The third kappa shape index (κ3) is 2.94. The summed E-state index contributed by atoms with van der Waals surface area (Å²) in [4.78, 5) is 2.00. The highest BCUT2D eigenvalue weighted by Gasteiger charge is 2.23. The predicted molar refractivity (Wildman–Crippen MR) is 64.2 cm³/mol. The Morgan fingerprint density at radius 3 is 2.40 bits per heavy atom. The zero-order valence-electron chi connectivity index (χ0n) is 9.44. The molecule has 0 saturated heterocycles. The Balaban J connectivity index is 3.04. The number of hydrogen-bond acceptors (Lipinski definition) is 2. The fraction of sp³-hybridized carbons (Fsp3) is 0.500. The first-order chi connectivity index (χ1) is 7.07. The number of likely N-dealkylation sites (N-methyl/N-ethyl adjacent to an activating group) is 1. The van der Waals surface area contributed by atoms with Crippen LogP contribution < -0.4 is 0 Å². The molecule has 1 rings (SSSR count). The minimum Gasteiger partial charge on any atom is -0.391 e. The van der Waals surface area contributed by atoms with Crippen molar-refractivity contribution in [3.63, 3.8) is 0 Å². The van der Waals surface area contributed by atoms with Gasteiger partial charge in [-0.1, -0.05) is 36.7 Å². The van der Waals surface area contributed by atoms with Crippen LogP contribution in [0, 0.1) is 0 Å². The molecular formula is C12H18ClNO. The lowest BCUT2D eigenvalue weighted by molar-refractivity contribution is 0.0728. The van der Waals surface area contributed by atoms with E-state index in [0.29, 0.717) is 11.4 Å². The highest BCUT2D eigenvalue weighted by Crippen LogP contribution is 2.29. The fourth-order valence-electron chi connectivity index (χ4n) is 1.77. The summed E-state index contributed by atoms with van der Waals surface area (Å²) in [5.41, 5.74) is 0.985. The first-order valence-corrected chi connectivity index (χ1v) is 5.54. The standard InChI is InChI=1S/C12H18ClNO/c1-4-11(15)12(14(2)3)9-7-5-6-8-10(9)13/h5-8,11-12,15H,4H2,1-3H3/t11?,12-/m1/s1. The fourth-order valence-corrected chi connectivity index (χ4v) is 2.02. The molecule has 0 bridgehead atoms. The Labute approximate surface area is 96.5 Å². The van der Waals surface area contributed by atoms with E-state index >= 15 is 0 Å². The van der Waals surface area contributed by atoms with E-state index in [2.05, 4.69) is 0 Å². The lowest BCUT2D eigenvalue weighted by Crippen LogP contribution is -2.31. The van der Waals surface area contributed by atoms with E-state index in [4.69, 9.17) is 11.6 Å². The average molecular weight is 228 g/mol. The van der Waals surface area contributed by atoms with Crippen molar-refractivity contribution < 1.29 is 5.11 Å². The molecule has 0 amide bonds. The van der Waals surface area contributed by atoms with Gasteiger partial charge in [0, 0.05) is 5.02 Å². The molecule has 2 atom stereocenters. The molecule has 15 heavy (non-hydrogen) atoms. The molecule has 84 valence electrons. The summed E-state index contributed by atoms with van der Waals surface area (Å²) in [5, 5.41) is 10.7.